The number of carbonyl (C=O) groups is 1. The van der Waals surface area contributed by atoms with Gasteiger partial charge in [0.05, 0.1) is 11.1 Å². The van der Waals surface area contributed by atoms with E-state index < -0.39 is 17.9 Å². The van der Waals surface area contributed by atoms with Crippen LogP contribution < -0.4 is 10.6 Å². The fourth-order valence-electron chi connectivity index (χ4n) is 4.22. The van der Waals surface area contributed by atoms with Crippen LogP contribution in [0.4, 0.5) is 14.9 Å². The van der Waals surface area contributed by atoms with E-state index in [9.17, 15) is 9.18 Å². The third-order valence-corrected chi connectivity index (χ3v) is 7.53. The Labute approximate surface area is 241 Å². The lowest BCUT2D eigenvalue weighted by Crippen LogP contribution is -2.35. The Balaban J connectivity index is 1.49. The van der Waals surface area contributed by atoms with Crippen molar-refractivity contribution < 1.29 is 9.18 Å². The predicted molar refractivity (Wildman–Crippen MR) is 159 cm³/mol. The number of aromatic nitrogens is 3. The van der Waals surface area contributed by atoms with Gasteiger partial charge in [-0.25, -0.2) is 9.18 Å². The summed E-state index contributed by atoms with van der Waals surface area (Å²) in [4.78, 5) is 13.2. The summed E-state index contributed by atoms with van der Waals surface area (Å²) in [6.07, 6.45) is 0.478. The van der Waals surface area contributed by atoms with E-state index in [4.69, 9.17) is 11.6 Å². The highest BCUT2D eigenvalue weighted by Gasteiger charge is 2.25. The van der Waals surface area contributed by atoms with Crippen LogP contribution in [0.5, 0.6) is 0 Å². The SMILES string of the molecule is Cc1ccc(-n2c(SCc3ccccc3)nnc2[C@@H](Cc2ccccc2)NC(=O)Nc2ccc(F)c(Cl)c2)cc1. The molecule has 40 heavy (non-hydrogen) atoms. The van der Waals surface area contributed by atoms with Crippen LogP contribution in [0.15, 0.2) is 108 Å². The van der Waals surface area contributed by atoms with E-state index >= 15 is 0 Å². The first-order valence-electron chi connectivity index (χ1n) is 12.7. The topological polar surface area (TPSA) is 71.8 Å². The zero-order chi connectivity index (χ0) is 27.9. The smallest absolute Gasteiger partial charge is 0.319 e. The Morgan fingerprint density at radius 2 is 1.60 bits per heavy atom. The second-order valence-electron chi connectivity index (χ2n) is 9.26. The molecule has 1 atom stereocenters. The van der Waals surface area contributed by atoms with Crippen molar-refractivity contribution in [2.24, 2.45) is 0 Å². The number of thioether (sulfide) groups is 1. The number of hydrogen-bond acceptors (Lipinski definition) is 4. The number of nitrogens with one attached hydrogen (secondary N) is 2. The molecule has 9 heteroatoms. The molecule has 2 amide bonds. The molecule has 0 saturated heterocycles. The van der Waals surface area contributed by atoms with E-state index in [-0.39, 0.29) is 5.02 Å². The molecule has 1 heterocycles. The van der Waals surface area contributed by atoms with Gasteiger partial charge in [0.1, 0.15) is 5.82 Å². The summed E-state index contributed by atoms with van der Waals surface area (Å²) in [7, 11) is 0. The summed E-state index contributed by atoms with van der Waals surface area (Å²) in [5.41, 5.74) is 4.60. The lowest BCUT2D eigenvalue weighted by molar-refractivity contribution is 0.247. The quantitative estimate of drug-likeness (QED) is 0.177. The predicted octanol–water partition coefficient (Wildman–Crippen LogP) is 7.77. The minimum absolute atomic E-state index is 0.0715. The maximum atomic E-state index is 13.6. The lowest BCUT2D eigenvalue weighted by atomic mass is 10.1. The largest absolute Gasteiger partial charge is 0.327 e. The van der Waals surface area contributed by atoms with E-state index in [0.29, 0.717) is 28.8 Å². The number of nitrogens with zero attached hydrogens (tertiary/aromatic N) is 3. The Morgan fingerprint density at radius 3 is 2.27 bits per heavy atom. The zero-order valence-electron chi connectivity index (χ0n) is 21.7. The van der Waals surface area contributed by atoms with Crippen LogP contribution in [-0.4, -0.2) is 20.8 Å². The zero-order valence-corrected chi connectivity index (χ0v) is 23.3. The number of amides is 2. The Bertz CT molecular complexity index is 1580. The van der Waals surface area contributed by atoms with Crippen LogP contribution in [0, 0.1) is 12.7 Å². The Hall–Kier alpha value is -4.14. The molecule has 0 aliphatic carbocycles. The molecule has 6 nitrogen and oxygen atoms in total. The molecule has 5 aromatic rings. The van der Waals surface area contributed by atoms with Gasteiger partial charge in [0.15, 0.2) is 11.0 Å². The molecular weight excluding hydrogens is 545 g/mol. The molecule has 0 spiro atoms. The van der Waals surface area contributed by atoms with Gasteiger partial charge >= 0.3 is 6.03 Å². The number of carbonyl (C=O) groups excluding carboxylic acids is 1. The van der Waals surface area contributed by atoms with Gasteiger partial charge < -0.3 is 10.6 Å². The second-order valence-corrected chi connectivity index (χ2v) is 10.6. The van der Waals surface area contributed by atoms with Crippen molar-refractivity contribution in [1.82, 2.24) is 20.1 Å². The van der Waals surface area contributed by atoms with E-state index in [1.807, 2.05) is 84.3 Å². The van der Waals surface area contributed by atoms with Gasteiger partial charge in [0.2, 0.25) is 0 Å². The average molecular weight is 572 g/mol. The minimum atomic E-state index is -0.554. The molecule has 0 bridgehead atoms. The molecule has 0 aliphatic heterocycles. The first-order valence-corrected chi connectivity index (χ1v) is 14.1. The van der Waals surface area contributed by atoms with Crippen LogP contribution in [-0.2, 0) is 12.2 Å². The van der Waals surface area contributed by atoms with E-state index in [1.54, 1.807) is 11.8 Å². The van der Waals surface area contributed by atoms with E-state index in [1.165, 1.54) is 23.8 Å². The molecule has 202 valence electrons. The van der Waals surface area contributed by atoms with Gasteiger partial charge in [-0.05, 0) is 48.4 Å². The summed E-state index contributed by atoms with van der Waals surface area (Å²) >= 11 is 7.49. The van der Waals surface area contributed by atoms with Crippen molar-refractivity contribution in [2.45, 2.75) is 30.3 Å². The molecule has 2 N–H and O–H groups in total. The van der Waals surface area contributed by atoms with Crippen molar-refractivity contribution in [3.63, 3.8) is 0 Å². The van der Waals surface area contributed by atoms with Gasteiger partial charge in [-0.2, -0.15) is 0 Å². The number of rotatable bonds is 9. The average Bonchev–Trinajstić information content (AvgIpc) is 3.39. The monoisotopic (exact) mass is 571 g/mol. The van der Waals surface area contributed by atoms with Gasteiger partial charge in [0.25, 0.3) is 0 Å². The fourth-order valence-corrected chi connectivity index (χ4v) is 5.31. The van der Waals surface area contributed by atoms with Gasteiger partial charge in [-0.15, -0.1) is 10.2 Å². The van der Waals surface area contributed by atoms with Crippen molar-refractivity contribution in [2.75, 3.05) is 5.32 Å². The summed E-state index contributed by atoms with van der Waals surface area (Å²) in [6, 6.07) is 31.2. The highest BCUT2D eigenvalue weighted by atomic mass is 35.5. The molecule has 0 saturated carbocycles. The fraction of sp³-hybridized carbons (Fsp3) is 0.129. The Kier molecular flexibility index (Phi) is 8.78. The number of halogens is 2. The standard InChI is InChI=1S/C31H27ClFN5OS/c1-21-12-15-25(16-13-21)38-29(36-37-31(38)40-20-23-10-6-3-7-11-23)28(18-22-8-4-2-5-9-22)35-30(39)34-24-14-17-27(33)26(32)19-24/h2-17,19,28H,18,20H2,1H3,(H2,34,35,39)/t28-/m1/s1. The number of hydrogen-bond donors (Lipinski definition) is 2. The van der Waals surface area contributed by atoms with Crippen molar-refractivity contribution >= 4 is 35.1 Å². The van der Waals surface area contributed by atoms with Gasteiger partial charge in [-0.3, -0.25) is 4.57 Å². The van der Waals surface area contributed by atoms with Crippen LogP contribution in [0.1, 0.15) is 28.6 Å². The molecule has 0 fully saturated rings. The number of anilines is 1. The second kappa shape index (κ2) is 12.8. The number of benzene rings is 4. The summed E-state index contributed by atoms with van der Waals surface area (Å²) in [5, 5.41) is 15.6. The third-order valence-electron chi connectivity index (χ3n) is 6.24. The van der Waals surface area contributed by atoms with Crippen LogP contribution in [0.25, 0.3) is 5.69 Å². The van der Waals surface area contributed by atoms with E-state index in [2.05, 4.69) is 33.0 Å². The maximum absolute atomic E-state index is 13.6. The molecule has 0 radical (unpaired) electrons. The minimum Gasteiger partial charge on any atom is -0.327 e. The first-order chi connectivity index (χ1) is 19.5. The highest BCUT2D eigenvalue weighted by molar-refractivity contribution is 7.98. The third kappa shape index (κ3) is 6.89. The van der Waals surface area contributed by atoms with Crippen LogP contribution >= 0.6 is 23.4 Å². The molecule has 0 aliphatic rings. The summed E-state index contributed by atoms with van der Waals surface area (Å²) < 4.78 is 15.6. The normalized spacial score (nSPS) is 11.7. The van der Waals surface area contributed by atoms with Gasteiger partial charge in [0, 0.05) is 23.5 Å². The summed E-state index contributed by atoms with van der Waals surface area (Å²) in [6.45, 7) is 2.04. The van der Waals surface area contributed by atoms with Gasteiger partial charge in [-0.1, -0.05) is 102 Å². The maximum Gasteiger partial charge on any atom is 0.319 e. The molecule has 0 unspecified atom stereocenters. The van der Waals surface area contributed by atoms with Crippen molar-refractivity contribution in [1.29, 1.82) is 0 Å². The first kappa shape index (κ1) is 27.4. The number of aryl methyl sites for hydroxylation is 1. The highest BCUT2D eigenvalue weighted by Crippen LogP contribution is 2.29. The number of urea groups is 1. The van der Waals surface area contributed by atoms with Crippen LogP contribution in [0.3, 0.4) is 0 Å². The van der Waals surface area contributed by atoms with Crippen molar-refractivity contribution in [3.05, 3.63) is 136 Å². The molecule has 4 aromatic carbocycles. The lowest BCUT2D eigenvalue weighted by Gasteiger charge is -2.21. The molecule has 1 aromatic heterocycles. The molecular formula is C31H27ClFN5OS. The summed E-state index contributed by atoms with van der Waals surface area (Å²) in [5.74, 6) is 0.754. The van der Waals surface area contributed by atoms with Crippen molar-refractivity contribution in [3.8, 4) is 5.69 Å². The molecule has 5 rings (SSSR count). The van der Waals surface area contributed by atoms with E-state index in [0.717, 1.165) is 16.8 Å². The Morgan fingerprint density at radius 1 is 0.925 bits per heavy atom. The van der Waals surface area contributed by atoms with Crippen LogP contribution in [0.2, 0.25) is 5.02 Å².